The number of fused-ring (bicyclic) bond motifs is 2. The Morgan fingerprint density at radius 3 is 2.80 bits per heavy atom. The lowest BCUT2D eigenvalue weighted by atomic mass is 10.2. The summed E-state index contributed by atoms with van der Waals surface area (Å²) in [7, 11) is 0. The molecule has 0 fully saturated rings. The van der Waals surface area contributed by atoms with Gasteiger partial charge in [-0.1, -0.05) is 12.1 Å². The van der Waals surface area contributed by atoms with Crippen LogP contribution in [0.2, 0.25) is 0 Å². The van der Waals surface area contributed by atoms with Crippen molar-refractivity contribution in [3.63, 3.8) is 0 Å². The Labute approximate surface area is 118 Å². The molecule has 0 unspecified atom stereocenters. The molecule has 20 heavy (non-hydrogen) atoms. The molecule has 104 valence electrons. The number of rotatable bonds is 3. The second-order valence-corrected chi connectivity index (χ2v) is 5.03. The van der Waals surface area contributed by atoms with E-state index in [4.69, 9.17) is 0 Å². The fourth-order valence-electron chi connectivity index (χ4n) is 2.71. The van der Waals surface area contributed by atoms with Crippen LogP contribution in [-0.4, -0.2) is 27.5 Å². The highest BCUT2D eigenvalue weighted by Gasteiger charge is 2.21. The molecule has 0 bridgehead atoms. The fourth-order valence-corrected chi connectivity index (χ4v) is 2.71. The van der Waals surface area contributed by atoms with E-state index in [1.54, 1.807) is 4.57 Å². The van der Waals surface area contributed by atoms with Gasteiger partial charge in [0.1, 0.15) is 5.82 Å². The molecule has 0 saturated carbocycles. The van der Waals surface area contributed by atoms with Crippen molar-refractivity contribution in [2.75, 3.05) is 13.1 Å². The SMILES string of the molecule is CCN(C=C1CCn2c1nc1ccccc1c2=O)CC. The Balaban J connectivity index is 2.17. The number of para-hydroxylation sites is 1. The van der Waals surface area contributed by atoms with Gasteiger partial charge in [-0.05, 0) is 32.4 Å². The minimum Gasteiger partial charge on any atom is -0.378 e. The lowest BCUT2D eigenvalue weighted by molar-refractivity contribution is 0.419. The van der Waals surface area contributed by atoms with Gasteiger partial charge >= 0.3 is 0 Å². The van der Waals surface area contributed by atoms with Gasteiger partial charge in [0.05, 0.1) is 10.9 Å². The highest BCUT2D eigenvalue weighted by Crippen LogP contribution is 2.25. The Kier molecular flexibility index (Phi) is 3.30. The maximum atomic E-state index is 12.5. The summed E-state index contributed by atoms with van der Waals surface area (Å²) in [5, 5.41) is 0.709. The maximum absolute atomic E-state index is 12.5. The van der Waals surface area contributed by atoms with E-state index in [-0.39, 0.29) is 5.56 Å². The van der Waals surface area contributed by atoms with Crippen LogP contribution in [0.3, 0.4) is 0 Å². The molecule has 0 spiro atoms. The minimum atomic E-state index is 0.0774. The van der Waals surface area contributed by atoms with Crippen LogP contribution in [-0.2, 0) is 6.54 Å². The Morgan fingerprint density at radius 2 is 2.05 bits per heavy atom. The molecule has 1 aliphatic rings. The number of nitrogens with zero attached hydrogens (tertiary/aromatic N) is 3. The molecule has 0 aliphatic carbocycles. The van der Waals surface area contributed by atoms with E-state index in [1.165, 1.54) is 0 Å². The fraction of sp³-hybridized carbons (Fsp3) is 0.375. The van der Waals surface area contributed by atoms with Crippen LogP contribution in [0.25, 0.3) is 16.5 Å². The second kappa shape index (κ2) is 5.12. The van der Waals surface area contributed by atoms with Gasteiger partial charge in [0, 0.05) is 31.4 Å². The van der Waals surface area contributed by atoms with Gasteiger partial charge in [-0.15, -0.1) is 0 Å². The van der Waals surface area contributed by atoms with Crippen LogP contribution in [0.4, 0.5) is 0 Å². The first-order valence-corrected chi connectivity index (χ1v) is 7.19. The van der Waals surface area contributed by atoms with Crippen LogP contribution in [0.5, 0.6) is 0 Å². The molecule has 3 rings (SSSR count). The number of aromatic nitrogens is 2. The van der Waals surface area contributed by atoms with Crippen LogP contribution >= 0.6 is 0 Å². The molecule has 0 radical (unpaired) electrons. The number of hydrogen-bond acceptors (Lipinski definition) is 3. The quantitative estimate of drug-likeness (QED) is 0.859. The van der Waals surface area contributed by atoms with Gasteiger partial charge in [-0.25, -0.2) is 4.98 Å². The van der Waals surface area contributed by atoms with E-state index in [0.717, 1.165) is 43.0 Å². The summed E-state index contributed by atoms with van der Waals surface area (Å²) in [6.45, 7) is 6.95. The van der Waals surface area contributed by atoms with E-state index in [0.29, 0.717) is 5.39 Å². The summed E-state index contributed by atoms with van der Waals surface area (Å²) in [6.07, 6.45) is 3.04. The van der Waals surface area contributed by atoms with E-state index in [1.807, 2.05) is 24.3 Å². The standard InChI is InChI=1S/C16H19N3O/c1-3-18(4-2)11-12-9-10-19-15(12)17-14-8-6-5-7-13(14)16(19)20/h5-8,11H,3-4,9-10H2,1-2H3. The van der Waals surface area contributed by atoms with Crippen LogP contribution in [0, 0.1) is 0 Å². The molecule has 0 atom stereocenters. The molecule has 1 aromatic heterocycles. The molecule has 1 aromatic carbocycles. The summed E-state index contributed by atoms with van der Waals surface area (Å²) in [6, 6.07) is 7.57. The van der Waals surface area contributed by atoms with Crippen molar-refractivity contribution in [3.8, 4) is 0 Å². The monoisotopic (exact) mass is 269 g/mol. The molecule has 2 aromatic rings. The first-order chi connectivity index (χ1) is 9.74. The van der Waals surface area contributed by atoms with Crippen molar-refractivity contribution >= 4 is 16.5 Å². The summed E-state index contributed by atoms with van der Waals surface area (Å²) in [5.41, 5.74) is 2.03. The molecular formula is C16H19N3O. The minimum absolute atomic E-state index is 0.0774. The van der Waals surface area contributed by atoms with Crippen molar-refractivity contribution in [1.29, 1.82) is 0 Å². The van der Waals surface area contributed by atoms with Gasteiger partial charge in [0.25, 0.3) is 5.56 Å². The smallest absolute Gasteiger partial charge is 0.261 e. The van der Waals surface area contributed by atoms with Crippen molar-refractivity contribution in [1.82, 2.24) is 14.5 Å². The van der Waals surface area contributed by atoms with E-state index < -0.39 is 0 Å². The van der Waals surface area contributed by atoms with Crippen LogP contribution < -0.4 is 5.56 Å². The molecule has 0 saturated heterocycles. The van der Waals surface area contributed by atoms with E-state index in [9.17, 15) is 4.79 Å². The average molecular weight is 269 g/mol. The average Bonchev–Trinajstić information content (AvgIpc) is 2.88. The maximum Gasteiger partial charge on any atom is 0.261 e. The normalized spacial score (nSPS) is 15.8. The summed E-state index contributed by atoms with van der Waals surface area (Å²) in [5.74, 6) is 0.834. The number of benzene rings is 1. The number of hydrogen-bond donors (Lipinski definition) is 0. The molecule has 1 aliphatic heterocycles. The first-order valence-electron chi connectivity index (χ1n) is 7.19. The first kappa shape index (κ1) is 12.9. The van der Waals surface area contributed by atoms with Crippen LogP contribution in [0.15, 0.2) is 35.3 Å². The molecule has 0 N–H and O–H groups in total. The Bertz CT molecular complexity index is 726. The zero-order valence-corrected chi connectivity index (χ0v) is 12.0. The largest absolute Gasteiger partial charge is 0.378 e. The summed E-state index contributed by atoms with van der Waals surface area (Å²) >= 11 is 0. The summed E-state index contributed by atoms with van der Waals surface area (Å²) < 4.78 is 1.80. The Hall–Kier alpha value is -2.10. The topological polar surface area (TPSA) is 38.1 Å². The lowest BCUT2D eigenvalue weighted by Gasteiger charge is -2.16. The summed E-state index contributed by atoms with van der Waals surface area (Å²) in [4.78, 5) is 19.4. The highest BCUT2D eigenvalue weighted by atomic mass is 16.1. The van der Waals surface area contributed by atoms with Gasteiger partial charge in [-0.2, -0.15) is 0 Å². The molecular weight excluding hydrogens is 250 g/mol. The zero-order valence-electron chi connectivity index (χ0n) is 12.0. The van der Waals surface area contributed by atoms with Crippen LogP contribution in [0.1, 0.15) is 26.1 Å². The number of allylic oxidation sites excluding steroid dienone is 1. The Morgan fingerprint density at radius 1 is 1.30 bits per heavy atom. The third-order valence-electron chi connectivity index (χ3n) is 3.90. The van der Waals surface area contributed by atoms with Gasteiger partial charge < -0.3 is 4.90 Å². The van der Waals surface area contributed by atoms with Crippen molar-refractivity contribution in [2.24, 2.45) is 0 Å². The molecule has 2 heterocycles. The van der Waals surface area contributed by atoms with Gasteiger partial charge in [0.15, 0.2) is 0 Å². The third kappa shape index (κ3) is 2.01. The third-order valence-corrected chi connectivity index (χ3v) is 3.90. The predicted octanol–water partition coefficient (Wildman–Crippen LogP) is 2.48. The lowest BCUT2D eigenvalue weighted by Crippen LogP contribution is -2.21. The molecule has 4 heteroatoms. The molecule has 4 nitrogen and oxygen atoms in total. The van der Waals surface area contributed by atoms with E-state index in [2.05, 4.69) is 29.9 Å². The molecule has 0 amide bonds. The van der Waals surface area contributed by atoms with Crippen molar-refractivity contribution in [3.05, 3.63) is 46.6 Å². The van der Waals surface area contributed by atoms with Gasteiger partial charge in [-0.3, -0.25) is 9.36 Å². The zero-order chi connectivity index (χ0) is 14.1. The van der Waals surface area contributed by atoms with Crippen molar-refractivity contribution < 1.29 is 0 Å². The van der Waals surface area contributed by atoms with Crippen molar-refractivity contribution in [2.45, 2.75) is 26.8 Å². The highest BCUT2D eigenvalue weighted by molar-refractivity contribution is 5.79. The second-order valence-electron chi connectivity index (χ2n) is 5.03. The predicted molar refractivity (Wildman–Crippen MR) is 81.5 cm³/mol. The van der Waals surface area contributed by atoms with Gasteiger partial charge in [0.2, 0.25) is 0 Å². The van der Waals surface area contributed by atoms with E-state index >= 15 is 0 Å².